The van der Waals surface area contributed by atoms with Crippen molar-refractivity contribution in [2.75, 3.05) is 52.5 Å². The van der Waals surface area contributed by atoms with Crippen LogP contribution in [0.3, 0.4) is 0 Å². The zero-order valence-electron chi connectivity index (χ0n) is 13.1. The normalized spacial score (nSPS) is 32.1. The number of hydrogen-bond acceptors (Lipinski definition) is 4. The quantitative estimate of drug-likeness (QED) is 0.832. The Labute approximate surface area is 128 Å². The number of nitrogens with zero attached hydrogens (tertiary/aromatic N) is 2. The molecule has 1 N–H and O–H groups in total. The Morgan fingerprint density at radius 3 is 2.71 bits per heavy atom. The van der Waals surface area contributed by atoms with Gasteiger partial charge in [0.1, 0.15) is 0 Å². The summed E-state index contributed by atoms with van der Waals surface area (Å²) in [5.41, 5.74) is 0. The fraction of sp³-hybridized carbons (Fsp3) is 0.938. The fourth-order valence-electron chi connectivity index (χ4n) is 3.85. The summed E-state index contributed by atoms with van der Waals surface area (Å²) in [4.78, 5) is 17.2. The van der Waals surface area contributed by atoms with Crippen molar-refractivity contribution in [1.82, 2.24) is 15.1 Å². The van der Waals surface area contributed by atoms with Crippen LogP contribution in [-0.2, 0) is 9.53 Å². The molecule has 3 heterocycles. The number of nitrogens with one attached hydrogen (secondary N) is 1. The van der Waals surface area contributed by atoms with Crippen molar-refractivity contribution in [3.8, 4) is 0 Å². The second kappa shape index (κ2) is 7.56. The smallest absolute Gasteiger partial charge is 0.239 e. The lowest BCUT2D eigenvalue weighted by Gasteiger charge is -2.38. The molecule has 120 valence electrons. The van der Waals surface area contributed by atoms with Gasteiger partial charge in [-0.2, -0.15) is 0 Å². The van der Waals surface area contributed by atoms with Gasteiger partial charge in [0.2, 0.25) is 5.91 Å². The van der Waals surface area contributed by atoms with Gasteiger partial charge in [0.15, 0.2) is 0 Å². The monoisotopic (exact) mass is 295 g/mol. The number of carbonyl (C=O) groups excluding carboxylic acids is 1. The van der Waals surface area contributed by atoms with Gasteiger partial charge in [0.05, 0.1) is 19.3 Å². The number of ether oxygens (including phenoxy) is 1. The third-order valence-electron chi connectivity index (χ3n) is 5.06. The first-order valence-electron chi connectivity index (χ1n) is 8.65. The molecule has 1 amide bonds. The summed E-state index contributed by atoms with van der Waals surface area (Å²) in [6.07, 6.45) is 5.84. The Hall–Kier alpha value is -0.650. The maximum atomic E-state index is 12.6. The number of rotatable bonds is 3. The first-order valence-corrected chi connectivity index (χ1v) is 8.65. The molecule has 3 fully saturated rings. The molecule has 5 heteroatoms. The van der Waals surface area contributed by atoms with E-state index in [9.17, 15) is 4.79 Å². The van der Waals surface area contributed by atoms with Crippen molar-refractivity contribution in [3.63, 3.8) is 0 Å². The lowest BCUT2D eigenvalue weighted by molar-refractivity contribution is -0.136. The third kappa shape index (κ3) is 4.18. The van der Waals surface area contributed by atoms with Gasteiger partial charge in [-0.05, 0) is 38.1 Å². The topological polar surface area (TPSA) is 44.8 Å². The van der Waals surface area contributed by atoms with Gasteiger partial charge in [-0.1, -0.05) is 6.42 Å². The van der Waals surface area contributed by atoms with Gasteiger partial charge in [0, 0.05) is 32.7 Å². The third-order valence-corrected chi connectivity index (χ3v) is 5.06. The van der Waals surface area contributed by atoms with Crippen molar-refractivity contribution in [2.24, 2.45) is 5.92 Å². The zero-order chi connectivity index (χ0) is 14.5. The fourth-order valence-corrected chi connectivity index (χ4v) is 3.85. The first kappa shape index (κ1) is 15.3. The molecule has 0 spiro atoms. The lowest BCUT2D eigenvalue weighted by atomic mass is 9.95. The van der Waals surface area contributed by atoms with E-state index >= 15 is 0 Å². The molecule has 0 bridgehead atoms. The number of piperidine rings is 2. The first-order chi connectivity index (χ1) is 10.3. The minimum absolute atomic E-state index is 0.0842. The van der Waals surface area contributed by atoms with Crippen molar-refractivity contribution in [2.45, 2.75) is 38.1 Å². The highest BCUT2D eigenvalue weighted by molar-refractivity contribution is 5.82. The second-order valence-electron chi connectivity index (χ2n) is 6.71. The highest BCUT2D eigenvalue weighted by Crippen LogP contribution is 2.20. The summed E-state index contributed by atoms with van der Waals surface area (Å²) < 4.78 is 5.41. The summed E-state index contributed by atoms with van der Waals surface area (Å²) in [6.45, 7) is 7.86. The molecule has 3 saturated heterocycles. The molecule has 0 aliphatic carbocycles. The highest BCUT2D eigenvalue weighted by Gasteiger charge is 2.30. The van der Waals surface area contributed by atoms with E-state index in [2.05, 4.69) is 15.1 Å². The van der Waals surface area contributed by atoms with E-state index in [4.69, 9.17) is 4.74 Å². The number of morpholine rings is 1. The van der Waals surface area contributed by atoms with Crippen LogP contribution in [0.1, 0.15) is 32.1 Å². The van der Waals surface area contributed by atoms with E-state index in [0.29, 0.717) is 11.8 Å². The minimum atomic E-state index is 0.0842. The number of carbonyl (C=O) groups is 1. The van der Waals surface area contributed by atoms with E-state index in [0.717, 1.165) is 65.3 Å². The molecule has 21 heavy (non-hydrogen) atoms. The van der Waals surface area contributed by atoms with Crippen molar-refractivity contribution < 1.29 is 9.53 Å². The maximum Gasteiger partial charge on any atom is 0.239 e. The molecule has 2 atom stereocenters. The molecular weight excluding hydrogens is 266 g/mol. The number of hydrogen-bond donors (Lipinski definition) is 1. The Balaban J connectivity index is 1.48. The summed E-state index contributed by atoms with van der Waals surface area (Å²) >= 11 is 0. The summed E-state index contributed by atoms with van der Waals surface area (Å²) in [6, 6.07) is 0.0842. The van der Waals surface area contributed by atoms with Gasteiger partial charge in [-0.15, -0.1) is 0 Å². The van der Waals surface area contributed by atoms with E-state index < -0.39 is 0 Å². The molecule has 3 rings (SSSR count). The van der Waals surface area contributed by atoms with Gasteiger partial charge < -0.3 is 15.0 Å². The average molecular weight is 295 g/mol. The predicted octanol–water partition coefficient (Wildman–Crippen LogP) is 0.699. The molecule has 3 aliphatic rings. The molecule has 3 aliphatic heterocycles. The Kier molecular flexibility index (Phi) is 5.49. The van der Waals surface area contributed by atoms with Crippen LogP contribution in [0.25, 0.3) is 0 Å². The molecular formula is C16H29N3O2. The van der Waals surface area contributed by atoms with Crippen LogP contribution >= 0.6 is 0 Å². The molecule has 0 saturated carbocycles. The molecule has 0 aromatic rings. The van der Waals surface area contributed by atoms with E-state index in [1.165, 1.54) is 19.3 Å². The predicted molar refractivity (Wildman–Crippen MR) is 82.2 cm³/mol. The van der Waals surface area contributed by atoms with Gasteiger partial charge >= 0.3 is 0 Å². The van der Waals surface area contributed by atoms with Crippen LogP contribution < -0.4 is 5.32 Å². The Morgan fingerprint density at radius 2 is 1.95 bits per heavy atom. The Bertz CT molecular complexity index is 338. The largest absolute Gasteiger partial charge is 0.379 e. The minimum Gasteiger partial charge on any atom is -0.379 e. The summed E-state index contributed by atoms with van der Waals surface area (Å²) in [7, 11) is 0. The SMILES string of the molecule is O=C([C@H]1CCCCN1)N1CCCC(CN2CCOCC2)C1. The Morgan fingerprint density at radius 1 is 1.10 bits per heavy atom. The van der Waals surface area contributed by atoms with Crippen LogP contribution in [-0.4, -0.2) is 74.2 Å². The standard InChI is InChI=1S/C16H29N3O2/c20-16(15-5-1-2-6-17-15)19-7-3-4-14(13-19)12-18-8-10-21-11-9-18/h14-15,17H,1-13H2/t14?,15-/m1/s1. The maximum absolute atomic E-state index is 12.6. The van der Waals surface area contributed by atoms with Crippen molar-refractivity contribution in [1.29, 1.82) is 0 Å². The van der Waals surface area contributed by atoms with Gasteiger partial charge in [0.25, 0.3) is 0 Å². The molecule has 5 nitrogen and oxygen atoms in total. The molecule has 0 radical (unpaired) electrons. The molecule has 0 aromatic heterocycles. The van der Waals surface area contributed by atoms with Crippen LogP contribution in [0, 0.1) is 5.92 Å². The van der Waals surface area contributed by atoms with Crippen LogP contribution in [0.15, 0.2) is 0 Å². The lowest BCUT2D eigenvalue weighted by Crippen LogP contribution is -2.52. The summed E-state index contributed by atoms with van der Waals surface area (Å²) in [5, 5.41) is 3.39. The van der Waals surface area contributed by atoms with Crippen LogP contribution in [0.5, 0.6) is 0 Å². The van der Waals surface area contributed by atoms with Crippen LogP contribution in [0.2, 0.25) is 0 Å². The van der Waals surface area contributed by atoms with E-state index in [1.807, 2.05) is 0 Å². The van der Waals surface area contributed by atoms with Gasteiger partial charge in [-0.25, -0.2) is 0 Å². The summed E-state index contributed by atoms with van der Waals surface area (Å²) in [5.74, 6) is 0.991. The van der Waals surface area contributed by atoms with Crippen molar-refractivity contribution in [3.05, 3.63) is 0 Å². The second-order valence-corrected chi connectivity index (χ2v) is 6.71. The molecule has 0 aromatic carbocycles. The average Bonchev–Trinajstić information content (AvgIpc) is 2.56. The van der Waals surface area contributed by atoms with Crippen LogP contribution in [0.4, 0.5) is 0 Å². The van der Waals surface area contributed by atoms with Gasteiger partial charge in [-0.3, -0.25) is 9.69 Å². The highest BCUT2D eigenvalue weighted by atomic mass is 16.5. The number of likely N-dealkylation sites (tertiary alicyclic amines) is 1. The van der Waals surface area contributed by atoms with Crippen molar-refractivity contribution >= 4 is 5.91 Å². The molecule has 1 unspecified atom stereocenters. The van der Waals surface area contributed by atoms with E-state index in [1.54, 1.807) is 0 Å². The van der Waals surface area contributed by atoms with E-state index in [-0.39, 0.29) is 6.04 Å². The zero-order valence-corrected chi connectivity index (χ0v) is 13.1. The number of amides is 1.